The molecule has 3 aliphatic carbocycles. The molecule has 2 nitrogen and oxygen atoms in total. The number of carbonyl (C=O) groups is 1. The molecule has 17 heavy (non-hydrogen) atoms. The first kappa shape index (κ1) is 10.6. The molecule has 0 radical (unpaired) electrons. The van der Waals surface area contributed by atoms with Crippen LogP contribution in [0.15, 0.2) is 46.1 Å². The Labute approximate surface area is 102 Å². The van der Waals surface area contributed by atoms with Crippen LogP contribution in [0.2, 0.25) is 0 Å². The third-order valence-electron chi connectivity index (χ3n) is 3.84. The molecule has 0 aromatic heterocycles. The highest BCUT2D eigenvalue weighted by Crippen LogP contribution is 2.51. The fraction of sp³-hybridized carbons (Fsp3) is 0.400. The fourth-order valence-electron chi connectivity index (χ4n) is 2.59. The molecule has 0 aliphatic heterocycles. The third kappa shape index (κ3) is 1.59. The average molecular weight is 227 g/mol. The number of rotatable bonds is 4. The van der Waals surface area contributed by atoms with Gasteiger partial charge in [-0.05, 0) is 53.7 Å². The van der Waals surface area contributed by atoms with Gasteiger partial charge in [-0.3, -0.25) is 4.79 Å². The second-order valence-electron chi connectivity index (χ2n) is 4.89. The van der Waals surface area contributed by atoms with Crippen LogP contribution >= 0.6 is 0 Å². The van der Waals surface area contributed by atoms with Gasteiger partial charge in [-0.2, -0.15) is 0 Å². The molecule has 0 saturated heterocycles. The number of allylic oxidation sites excluding steroid dienone is 6. The van der Waals surface area contributed by atoms with Gasteiger partial charge in [0.1, 0.15) is 0 Å². The van der Waals surface area contributed by atoms with Crippen LogP contribution in [0.25, 0.3) is 0 Å². The quantitative estimate of drug-likeness (QED) is 0.786. The van der Waals surface area contributed by atoms with E-state index in [4.69, 9.17) is 0 Å². The van der Waals surface area contributed by atoms with E-state index in [0.717, 1.165) is 30.4 Å². The lowest BCUT2D eigenvalue weighted by molar-refractivity contribution is -0.117. The highest BCUT2D eigenvalue weighted by molar-refractivity contribution is 6.01. The summed E-state index contributed by atoms with van der Waals surface area (Å²) in [4.78, 5) is 12.2. The Kier molecular flexibility index (Phi) is 2.32. The maximum absolute atomic E-state index is 12.2. The van der Waals surface area contributed by atoms with Crippen LogP contribution in [0.4, 0.5) is 0 Å². The Bertz CT molecular complexity index is 513. The molecule has 1 amide bonds. The van der Waals surface area contributed by atoms with Crippen molar-refractivity contribution < 1.29 is 4.79 Å². The molecule has 1 saturated carbocycles. The topological polar surface area (TPSA) is 29.1 Å². The lowest BCUT2D eigenvalue weighted by Gasteiger charge is -2.15. The molecule has 1 N–H and O–H groups in total. The van der Waals surface area contributed by atoms with Crippen molar-refractivity contribution in [2.45, 2.75) is 39.2 Å². The zero-order valence-corrected chi connectivity index (χ0v) is 10.3. The Hall–Kier alpha value is -1.57. The van der Waals surface area contributed by atoms with E-state index >= 15 is 0 Å². The molecular weight excluding hydrogens is 210 g/mol. The Morgan fingerprint density at radius 2 is 2.06 bits per heavy atom. The summed E-state index contributed by atoms with van der Waals surface area (Å²) in [7, 11) is 0. The smallest absolute Gasteiger partial charge is 0.252 e. The molecule has 0 heterocycles. The van der Waals surface area contributed by atoms with Crippen LogP contribution in [0.3, 0.4) is 0 Å². The van der Waals surface area contributed by atoms with E-state index in [1.54, 1.807) is 0 Å². The first-order valence-electron chi connectivity index (χ1n) is 6.42. The monoisotopic (exact) mass is 227 g/mol. The van der Waals surface area contributed by atoms with Gasteiger partial charge in [0.05, 0.1) is 0 Å². The van der Waals surface area contributed by atoms with Crippen molar-refractivity contribution in [3.05, 3.63) is 46.1 Å². The van der Waals surface area contributed by atoms with Gasteiger partial charge >= 0.3 is 0 Å². The van der Waals surface area contributed by atoms with Crippen LogP contribution in [-0.4, -0.2) is 11.9 Å². The lowest BCUT2D eigenvalue weighted by atomic mass is 10.1. The standard InChI is InChI=1S/C15H17NO/c1-3-10(4-2)16-15(17)12-6-5-11-13-7-9(13)8-14(11)12/h5-6,8,10H,3-4,7H2,1-2H3,(H,16,17). The summed E-state index contributed by atoms with van der Waals surface area (Å²) in [5, 5.41) is 3.10. The molecule has 3 rings (SSSR count). The molecule has 3 aliphatic rings. The van der Waals surface area contributed by atoms with Crippen LogP contribution < -0.4 is 5.32 Å². The Balaban J connectivity index is 1.81. The molecule has 0 aromatic rings. The van der Waals surface area contributed by atoms with Gasteiger partial charge in [0.2, 0.25) is 0 Å². The van der Waals surface area contributed by atoms with Crippen LogP contribution in [0.5, 0.6) is 0 Å². The highest BCUT2D eigenvalue weighted by atomic mass is 16.1. The summed E-state index contributed by atoms with van der Waals surface area (Å²) >= 11 is 0. The van der Waals surface area contributed by atoms with Gasteiger partial charge in [-0.15, -0.1) is 0 Å². The number of fused-ring (bicyclic) bond motifs is 2. The van der Waals surface area contributed by atoms with Crippen molar-refractivity contribution in [2.24, 2.45) is 0 Å². The predicted octanol–water partition coefficient (Wildman–Crippen LogP) is 2.80. The van der Waals surface area contributed by atoms with E-state index < -0.39 is 0 Å². The SMILES string of the molecule is CCC(CC)NC(=O)C1=C2C=C3CC3=C2C=C1. The summed E-state index contributed by atoms with van der Waals surface area (Å²) in [6.45, 7) is 4.22. The molecule has 0 atom stereocenters. The minimum atomic E-state index is 0.0821. The van der Waals surface area contributed by atoms with Crippen molar-refractivity contribution in [3.8, 4) is 0 Å². The van der Waals surface area contributed by atoms with E-state index in [-0.39, 0.29) is 5.91 Å². The van der Waals surface area contributed by atoms with E-state index in [9.17, 15) is 4.79 Å². The van der Waals surface area contributed by atoms with Crippen LogP contribution in [-0.2, 0) is 4.79 Å². The molecule has 1 fully saturated rings. The van der Waals surface area contributed by atoms with Crippen molar-refractivity contribution in [2.75, 3.05) is 0 Å². The molecule has 0 aromatic carbocycles. The zero-order chi connectivity index (χ0) is 12.0. The van der Waals surface area contributed by atoms with Crippen molar-refractivity contribution in [3.63, 3.8) is 0 Å². The molecule has 0 bridgehead atoms. The Morgan fingerprint density at radius 3 is 2.76 bits per heavy atom. The van der Waals surface area contributed by atoms with Crippen LogP contribution in [0, 0.1) is 0 Å². The molecule has 2 heteroatoms. The highest BCUT2D eigenvalue weighted by Gasteiger charge is 2.35. The normalized spacial score (nSPS) is 19.8. The zero-order valence-electron chi connectivity index (χ0n) is 10.3. The van der Waals surface area contributed by atoms with Gasteiger partial charge in [0, 0.05) is 11.6 Å². The number of amides is 1. The first-order valence-corrected chi connectivity index (χ1v) is 6.42. The number of nitrogens with one attached hydrogen (secondary N) is 1. The Morgan fingerprint density at radius 1 is 1.29 bits per heavy atom. The third-order valence-corrected chi connectivity index (χ3v) is 3.84. The van der Waals surface area contributed by atoms with Gasteiger partial charge in [0.15, 0.2) is 0 Å². The summed E-state index contributed by atoms with van der Waals surface area (Å²) < 4.78 is 0. The number of hydrogen-bond acceptors (Lipinski definition) is 1. The van der Waals surface area contributed by atoms with Gasteiger partial charge in [0.25, 0.3) is 5.91 Å². The molecular formula is C15H17NO. The number of carbonyl (C=O) groups excluding carboxylic acids is 1. The molecule has 0 spiro atoms. The van der Waals surface area contributed by atoms with Gasteiger partial charge in [-0.25, -0.2) is 0 Å². The summed E-state index contributed by atoms with van der Waals surface area (Å²) in [6.07, 6.45) is 9.33. The van der Waals surface area contributed by atoms with E-state index in [1.165, 1.54) is 16.7 Å². The minimum Gasteiger partial charge on any atom is -0.349 e. The van der Waals surface area contributed by atoms with E-state index in [0.29, 0.717) is 6.04 Å². The largest absolute Gasteiger partial charge is 0.349 e. The predicted molar refractivity (Wildman–Crippen MR) is 68.4 cm³/mol. The summed E-state index contributed by atoms with van der Waals surface area (Å²) in [5.74, 6) is 0.0821. The van der Waals surface area contributed by atoms with Crippen molar-refractivity contribution in [1.82, 2.24) is 5.32 Å². The van der Waals surface area contributed by atoms with Gasteiger partial charge < -0.3 is 5.32 Å². The fourth-order valence-corrected chi connectivity index (χ4v) is 2.59. The van der Waals surface area contributed by atoms with Gasteiger partial charge in [-0.1, -0.05) is 19.9 Å². The van der Waals surface area contributed by atoms with E-state index in [1.807, 2.05) is 6.08 Å². The minimum absolute atomic E-state index is 0.0821. The molecule has 0 unspecified atom stereocenters. The average Bonchev–Trinajstić information content (AvgIpc) is 2.83. The molecule has 88 valence electrons. The van der Waals surface area contributed by atoms with E-state index in [2.05, 4.69) is 31.3 Å². The summed E-state index contributed by atoms with van der Waals surface area (Å²) in [6, 6.07) is 0.296. The van der Waals surface area contributed by atoms with Crippen LogP contribution in [0.1, 0.15) is 33.1 Å². The maximum atomic E-state index is 12.2. The van der Waals surface area contributed by atoms with Crippen molar-refractivity contribution >= 4 is 5.91 Å². The maximum Gasteiger partial charge on any atom is 0.252 e. The first-order chi connectivity index (χ1) is 8.24. The van der Waals surface area contributed by atoms with Crippen molar-refractivity contribution in [1.29, 1.82) is 0 Å². The number of hydrogen-bond donors (Lipinski definition) is 1. The lowest BCUT2D eigenvalue weighted by Crippen LogP contribution is -2.34. The second-order valence-corrected chi connectivity index (χ2v) is 4.89. The second kappa shape index (κ2) is 3.73. The summed E-state index contributed by atoms with van der Waals surface area (Å²) in [5.41, 5.74) is 6.15.